The zero-order chi connectivity index (χ0) is 15.4. The highest BCUT2D eigenvalue weighted by molar-refractivity contribution is 6.30. The van der Waals surface area contributed by atoms with E-state index in [4.69, 9.17) is 11.6 Å². The maximum atomic E-state index is 12.1. The predicted molar refractivity (Wildman–Crippen MR) is 83.4 cm³/mol. The first-order valence-electron chi connectivity index (χ1n) is 6.50. The number of imidazole rings is 2. The summed E-state index contributed by atoms with van der Waals surface area (Å²) in [5, 5.41) is 0.650. The first kappa shape index (κ1) is 12.9. The summed E-state index contributed by atoms with van der Waals surface area (Å²) in [5.74, 6) is 0.492. The number of aromatic amines is 2. The van der Waals surface area contributed by atoms with Crippen molar-refractivity contribution in [2.45, 2.75) is 0 Å². The molecule has 4 rings (SSSR count). The van der Waals surface area contributed by atoms with Crippen LogP contribution in [0.25, 0.3) is 28.2 Å². The van der Waals surface area contributed by atoms with E-state index in [1.54, 1.807) is 29.8 Å². The van der Waals surface area contributed by atoms with E-state index in [0.29, 0.717) is 22.0 Å². The van der Waals surface area contributed by atoms with Crippen LogP contribution in [0.3, 0.4) is 0 Å². The Labute approximate surface area is 127 Å². The van der Waals surface area contributed by atoms with Crippen LogP contribution in [0, 0.1) is 0 Å². The number of benzene rings is 1. The summed E-state index contributed by atoms with van der Waals surface area (Å²) in [6.07, 6.45) is 1.77. The second-order valence-corrected chi connectivity index (χ2v) is 5.41. The minimum absolute atomic E-state index is 0.327. The summed E-state index contributed by atoms with van der Waals surface area (Å²) < 4.78 is 2.94. The van der Waals surface area contributed by atoms with Crippen LogP contribution in [0.15, 0.2) is 40.1 Å². The van der Waals surface area contributed by atoms with Gasteiger partial charge in [0, 0.05) is 18.3 Å². The molecule has 0 atom stereocenters. The SMILES string of the molecule is Cn1c(=O)[nH]c(=O)c2c1nc1[nH]c(-c3ccc(Cl)cc3)cn12. The Morgan fingerprint density at radius 2 is 1.86 bits per heavy atom. The lowest BCUT2D eigenvalue weighted by Crippen LogP contribution is -2.28. The fourth-order valence-corrected chi connectivity index (χ4v) is 2.60. The topological polar surface area (TPSA) is 87.9 Å². The molecule has 0 aliphatic rings. The third-order valence-electron chi connectivity index (χ3n) is 3.61. The molecule has 3 aromatic heterocycles. The molecule has 8 heteroatoms. The number of nitrogens with zero attached hydrogens (tertiary/aromatic N) is 3. The summed E-state index contributed by atoms with van der Waals surface area (Å²) in [6.45, 7) is 0. The molecule has 0 radical (unpaired) electrons. The lowest BCUT2D eigenvalue weighted by Gasteiger charge is -1.98. The molecule has 0 unspecified atom stereocenters. The number of aromatic nitrogens is 5. The van der Waals surface area contributed by atoms with Gasteiger partial charge in [0.1, 0.15) is 0 Å². The standard InChI is InChI=1S/C14H10ClN5O2/c1-19-11-10(12(21)18-14(19)22)20-6-9(16-13(20)17-11)7-2-4-8(15)5-3-7/h2-6H,1H3,(H,16,17)(H,18,21,22). The molecular formula is C14H10ClN5O2. The maximum Gasteiger partial charge on any atom is 0.329 e. The van der Waals surface area contributed by atoms with Crippen LogP contribution in [0.5, 0.6) is 0 Å². The number of hydrogen-bond acceptors (Lipinski definition) is 3. The van der Waals surface area contributed by atoms with Crippen LogP contribution in [-0.2, 0) is 7.05 Å². The van der Waals surface area contributed by atoms with Crippen molar-refractivity contribution in [1.82, 2.24) is 23.9 Å². The average Bonchev–Trinajstić information content (AvgIpc) is 3.03. The van der Waals surface area contributed by atoms with Gasteiger partial charge in [-0.25, -0.2) is 4.79 Å². The van der Waals surface area contributed by atoms with Gasteiger partial charge >= 0.3 is 5.69 Å². The van der Waals surface area contributed by atoms with Crippen LogP contribution in [-0.4, -0.2) is 23.9 Å². The van der Waals surface area contributed by atoms with Gasteiger partial charge < -0.3 is 4.98 Å². The lowest BCUT2D eigenvalue weighted by atomic mass is 10.2. The van der Waals surface area contributed by atoms with Gasteiger partial charge in [-0.15, -0.1) is 0 Å². The molecule has 4 aromatic rings. The van der Waals surface area contributed by atoms with Crippen molar-refractivity contribution in [1.29, 1.82) is 0 Å². The van der Waals surface area contributed by atoms with Crippen LogP contribution in [0.4, 0.5) is 0 Å². The second kappa shape index (κ2) is 4.35. The quantitative estimate of drug-likeness (QED) is 0.558. The summed E-state index contributed by atoms with van der Waals surface area (Å²) in [5.41, 5.74) is 1.43. The van der Waals surface area contributed by atoms with E-state index in [2.05, 4.69) is 15.0 Å². The van der Waals surface area contributed by atoms with Gasteiger partial charge in [-0.05, 0) is 17.7 Å². The third-order valence-corrected chi connectivity index (χ3v) is 3.86. The number of rotatable bonds is 1. The van der Waals surface area contributed by atoms with Gasteiger partial charge in [0.2, 0.25) is 5.78 Å². The van der Waals surface area contributed by atoms with E-state index in [9.17, 15) is 9.59 Å². The lowest BCUT2D eigenvalue weighted by molar-refractivity contribution is 0.832. The van der Waals surface area contributed by atoms with Gasteiger partial charge in [0.05, 0.1) is 5.69 Å². The van der Waals surface area contributed by atoms with Gasteiger partial charge in [-0.3, -0.25) is 18.7 Å². The van der Waals surface area contributed by atoms with Crippen molar-refractivity contribution in [3.05, 3.63) is 56.3 Å². The molecule has 0 aliphatic carbocycles. The van der Waals surface area contributed by atoms with E-state index in [0.717, 1.165) is 11.3 Å². The Balaban J connectivity index is 2.04. The first-order valence-corrected chi connectivity index (χ1v) is 6.88. The molecule has 0 spiro atoms. The number of halogens is 1. The molecule has 0 saturated heterocycles. The molecular weight excluding hydrogens is 306 g/mol. The Hall–Kier alpha value is -2.80. The van der Waals surface area contributed by atoms with Crippen LogP contribution >= 0.6 is 11.6 Å². The van der Waals surface area contributed by atoms with Gasteiger partial charge in [0.15, 0.2) is 11.2 Å². The minimum atomic E-state index is -0.490. The molecule has 1 aromatic carbocycles. The van der Waals surface area contributed by atoms with Crippen LogP contribution in [0.2, 0.25) is 5.02 Å². The van der Waals surface area contributed by atoms with Crippen LogP contribution in [0.1, 0.15) is 0 Å². The van der Waals surface area contributed by atoms with Gasteiger partial charge in [-0.1, -0.05) is 23.7 Å². The fraction of sp³-hybridized carbons (Fsp3) is 0.0714. The van der Waals surface area contributed by atoms with Crippen LogP contribution < -0.4 is 11.2 Å². The van der Waals surface area contributed by atoms with E-state index in [1.807, 2.05) is 12.1 Å². The maximum absolute atomic E-state index is 12.1. The molecule has 0 fully saturated rings. The highest BCUT2D eigenvalue weighted by Gasteiger charge is 2.15. The summed E-state index contributed by atoms with van der Waals surface area (Å²) in [6, 6.07) is 7.32. The van der Waals surface area contributed by atoms with Crippen molar-refractivity contribution >= 4 is 28.5 Å². The number of fused-ring (bicyclic) bond motifs is 3. The number of H-pyrrole nitrogens is 2. The Morgan fingerprint density at radius 3 is 2.59 bits per heavy atom. The highest BCUT2D eigenvalue weighted by Crippen LogP contribution is 2.22. The number of hydrogen-bond donors (Lipinski definition) is 2. The molecule has 2 N–H and O–H groups in total. The summed E-state index contributed by atoms with van der Waals surface area (Å²) in [4.78, 5) is 33.4. The fourth-order valence-electron chi connectivity index (χ4n) is 2.47. The molecule has 22 heavy (non-hydrogen) atoms. The zero-order valence-electron chi connectivity index (χ0n) is 11.4. The second-order valence-electron chi connectivity index (χ2n) is 4.97. The summed E-state index contributed by atoms with van der Waals surface area (Å²) in [7, 11) is 1.56. The Kier molecular flexibility index (Phi) is 2.55. The van der Waals surface area contributed by atoms with Crippen molar-refractivity contribution < 1.29 is 0 Å². The normalized spacial score (nSPS) is 11.5. The molecule has 0 aliphatic heterocycles. The van der Waals surface area contributed by atoms with Crippen molar-refractivity contribution in [3.63, 3.8) is 0 Å². The van der Waals surface area contributed by atoms with Crippen molar-refractivity contribution in [3.8, 4) is 11.3 Å². The van der Waals surface area contributed by atoms with E-state index in [-0.39, 0.29) is 0 Å². The Bertz CT molecular complexity index is 1130. The van der Waals surface area contributed by atoms with Gasteiger partial charge in [0.25, 0.3) is 5.56 Å². The van der Waals surface area contributed by atoms with E-state index >= 15 is 0 Å². The highest BCUT2D eigenvalue weighted by atomic mass is 35.5. The number of nitrogens with one attached hydrogen (secondary N) is 2. The van der Waals surface area contributed by atoms with Gasteiger partial charge in [-0.2, -0.15) is 4.98 Å². The van der Waals surface area contributed by atoms with E-state index < -0.39 is 11.2 Å². The minimum Gasteiger partial charge on any atom is -0.323 e. The monoisotopic (exact) mass is 315 g/mol. The zero-order valence-corrected chi connectivity index (χ0v) is 12.2. The largest absolute Gasteiger partial charge is 0.329 e. The number of aryl methyl sites for hydroxylation is 1. The van der Waals surface area contributed by atoms with Crippen molar-refractivity contribution in [2.24, 2.45) is 7.05 Å². The van der Waals surface area contributed by atoms with E-state index in [1.165, 1.54) is 4.57 Å². The predicted octanol–water partition coefficient (Wildman–Crippen LogP) is 1.52. The molecule has 0 saturated carbocycles. The molecule has 7 nitrogen and oxygen atoms in total. The molecule has 110 valence electrons. The van der Waals surface area contributed by atoms with Crippen molar-refractivity contribution in [2.75, 3.05) is 0 Å². The Morgan fingerprint density at radius 1 is 1.14 bits per heavy atom. The smallest absolute Gasteiger partial charge is 0.323 e. The summed E-state index contributed by atoms with van der Waals surface area (Å²) >= 11 is 5.88. The third kappa shape index (κ3) is 1.72. The molecule has 0 amide bonds. The molecule has 0 bridgehead atoms. The average molecular weight is 316 g/mol. The first-order chi connectivity index (χ1) is 10.5. The molecule has 3 heterocycles.